The summed E-state index contributed by atoms with van der Waals surface area (Å²) in [7, 11) is 0. The van der Waals surface area contributed by atoms with Crippen LogP contribution in [-0.2, 0) is 14.4 Å². The number of benzene rings is 3. The van der Waals surface area contributed by atoms with E-state index in [1.807, 2.05) is 0 Å². The molecule has 210 valence electrons. The Hall–Kier alpha value is -4.75. The van der Waals surface area contributed by atoms with Gasteiger partial charge in [0.1, 0.15) is 5.57 Å². The molecule has 1 fully saturated rings. The molecule has 4 rings (SSSR count). The van der Waals surface area contributed by atoms with Gasteiger partial charge in [0.25, 0.3) is 23.4 Å². The Morgan fingerprint density at radius 3 is 2.59 bits per heavy atom. The quantitative estimate of drug-likeness (QED) is 0.141. The van der Waals surface area contributed by atoms with Crippen LogP contribution in [0.1, 0.15) is 12.5 Å². The van der Waals surface area contributed by atoms with Crippen LogP contribution in [0.3, 0.4) is 0 Å². The topological polar surface area (TPSA) is 157 Å². The van der Waals surface area contributed by atoms with Crippen LogP contribution >= 0.6 is 27.5 Å². The van der Waals surface area contributed by atoms with Crippen LogP contribution in [0.25, 0.3) is 6.08 Å². The number of nitrogens with one attached hydrogen (secondary N) is 2. The van der Waals surface area contributed by atoms with Crippen LogP contribution in [0.5, 0.6) is 11.5 Å². The van der Waals surface area contributed by atoms with Crippen molar-refractivity contribution in [3.05, 3.63) is 91.4 Å². The molecular formula is C27H20BrClN4O8. The lowest BCUT2D eigenvalue weighted by molar-refractivity contribution is -0.384. The molecule has 1 heterocycles. The van der Waals surface area contributed by atoms with Gasteiger partial charge in [-0.25, -0.2) is 9.69 Å². The Bertz CT molecular complexity index is 1610. The Kier molecular flexibility index (Phi) is 9.00. The van der Waals surface area contributed by atoms with E-state index in [2.05, 4.69) is 26.6 Å². The normalized spacial score (nSPS) is 14.1. The van der Waals surface area contributed by atoms with Crippen molar-refractivity contribution in [1.29, 1.82) is 0 Å². The van der Waals surface area contributed by atoms with Gasteiger partial charge in [-0.2, -0.15) is 0 Å². The van der Waals surface area contributed by atoms with E-state index in [4.69, 9.17) is 21.1 Å². The molecule has 0 aliphatic carbocycles. The minimum absolute atomic E-state index is 0.0879. The van der Waals surface area contributed by atoms with Crippen LogP contribution in [-0.4, -0.2) is 41.9 Å². The van der Waals surface area contributed by atoms with Crippen molar-refractivity contribution < 1.29 is 33.6 Å². The number of barbiturate groups is 1. The summed E-state index contributed by atoms with van der Waals surface area (Å²) in [6.07, 6.45) is 1.23. The first-order chi connectivity index (χ1) is 19.6. The highest BCUT2D eigenvalue weighted by Crippen LogP contribution is 2.38. The van der Waals surface area contributed by atoms with E-state index in [-0.39, 0.29) is 36.1 Å². The fourth-order valence-corrected chi connectivity index (χ4v) is 4.52. The number of ether oxygens (including phenoxy) is 2. The summed E-state index contributed by atoms with van der Waals surface area (Å²) in [4.78, 5) is 61.9. The molecule has 1 aliphatic heterocycles. The first kappa shape index (κ1) is 29.2. The number of nitro benzene ring substituents is 1. The van der Waals surface area contributed by atoms with E-state index >= 15 is 0 Å². The third-order valence-corrected chi connectivity index (χ3v) is 6.46. The maximum atomic E-state index is 13.2. The zero-order chi connectivity index (χ0) is 29.7. The third-order valence-electron chi connectivity index (χ3n) is 5.54. The number of hydrogen-bond donors (Lipinski definition) is 2. The summed E-state index contributed by atoms with van der Waals surface area (Å²) < 4.78 is 11.7. The number of halogens is 2. The van der Waals surface area contributed by atoms with Gasteiger partial charge in [0.2, 0.25) is 0 Å². The van der Waals surface area contributed by atoms with Crippen LogP contribution in [0.2, 0.25) is 5.02 Å². The Labute approximate surface area is 246 Å². The molecule has 14 heteroatoms. The number of imide groups is 2. The first-order valence-electron chi connectivity index (χ1n) is 11.9. The lowest BCUT2D eigenvalue weighted by Gasteiger charge is -2.26. The number of amides is 5. The first-order valence-corrected chi connectivity index (χ1v) is 13.1. The molecule has 41 heavy (non-hydrogen) atoms. The van der Waals surface area contributed by atoms with Gasteiger partial charge in [0, 0.05) is 12.1 Å². The third kappa shape index (κ3) is 6.70. The number of carbonyl (C=O) groups is 4. The van der Waals surface area contributed by atoms with E-state index in [0.29, 0.717) is 25.6 Å². The minimum atomic E-state index is -1.05. The summed E-state index contributed by atoms with van der Waals surface area (Å²) in [5.41, 5.74) is -0.0952. The van der Waals surface area contributed by atoms with Gasteiger partial charge in [-0.15, -0.1) is 0 Å². The van der Waals surface area contributed by atoms with Gasteiger partial charge in [-0.3, -0.25) is 29.8 Å². The second-order valence-electron chi connectivity index (χ2n) is 8.31. The average Bonchev–Trinajstić information content (AvgIpc) is 2.92. The molecule has 1 aliphatic rings. The predicted molar refractivity (Wildman–Crippen MR) is 153 cm³/mol. The van der Waals surface area contributed by atoms with Gasteiger partial charge in [-0.1, -0.05) is 29.8 Å². The van der Waals surface area contributed by atoms with Crippen molar-refractivity contribution in [1.82, 2.24) is 5.32 Å². The molecule has 0 spiro atoms. The SMILES string of the molecule is CCOc1cc(/C=C2/C(=O)NC(=O)N(c3cccc([N+](=O)[O-])c3)C2=O)cc(Br)c1OCC(=O)Nc1ccccc1Cl. The van der Waals surface area contributed by atoms with E-state index in [0.717, 1.165) is 6.07 Å². The summed E-state index contributed by atoms with van der Waals surface area (Å²) in [6.45, 7) is 1.57. The highest BCUT2D eigenvalue weighted by atomic mass is 79.9. The summed E-state index contributed by atoms with van der Waals surface area (Å²) in [6, 6.07) is 13.6. The van der Waals surface area contributed by atoms with Crippen LogP contribution < -0.4 is 25.0 Å². The second-order valence-corrected chi connectivity index (χ2v) is 9.58. The van der Waals surface area contributed by atoms with Gasteiger partial charge in [0.15, 0.2) is 18.1 Å². The zero-order valence-electron chi connectivity index (χ0n) is 21.2. The number of nitrogens with zero attached hydrogens (tertiary/aromatic N) is 2. The number of rotatable bonds is 9. The van der Waals surface area contributed by atoms with Crippen molar-refractivity contribution in [3.63, 3.8) is 0 Å². The molecule has 0 atom stereocenters. The average molecular weight is 644 g/mol. The smallest absolute Gasteiger partial charge is 0.335 e. The van der Waals surface area contributed by atoms with E-state index in [1.165, 1.54) is 36.4 Å². The van der Waals surface area contributed by atoms with Crippen molar-refractivity contribution in [3.8, 4) is 11.5 Å². The Morgan fingerprint density at radius 2 is 1.88 bits per heavy atom. The van der Waals surface area contributed by atoms with Gasteiger partial charge < -0.3 is 14.8 Å². The second kappa shape index (κ2) is 12.6. The van der Waals surface area contributed by atoms with Crippen LogP contribution in [0, 0.1) is 10.1 Å². The van der Waals surface area contributed by atoms with Crippen LogP contribution in [0.4, 0.5) is 21.9 Å². The lowest BCUT2D eigenvalue weighted by atomic mass is 10.1. The predicted octanol–water partition coefficient (Wildman–Crippen LogP) is 5.09. The molecule has 2 N–H and O–H groups in total. The number of urea groups is 1. The molecule has 5 amide bonds. The number of hydrogen-bond acceptors (Lipinski definition) is 8. The molecule has 0 aromatic heterocycles. The molecular weight excluding hydrogens is 624 g/mol. The molecule has 0 radical (unpaired) electrons. The summed E-state index contributed by atoms with van der Waals surface area (Å²) in [5, 5.41) is 16.2. The number of para-hydroxylation sites is 1. The molecule has 0 unspecified atom stereocenters. The molecule has 12 nitrogen and oxygen atoms in total. The standard InChI is InChI=1S/C27H20BrClN4O8/c1-2-40-22-12-15(11-19(28)24(22)41-14-23(34)30-21-9-4-3-8-20(21)29)10-18-25(35)31-27(37)32(26(18)36)16-6-5-7-17(13-16)33(38)39/h3-13H,2,14H2,1H3,(H,30,34)(H,31,35,37)/b18-10-. The number of nitro groups is 1. The molecule has 0 bridgehead atoms. The van der Waals surface area contributed by atoms with Crippen molar-refractivity contribution >= 4 is 74.4 Å². The van der Waals surface area contributed by atoms with E-state index in [9.17, 15) is 29.3 Å². The van der Waals surface area contributed by atoms with Crippen molar-refractivity contribution in [2.75, 3.05) is 23.4 Å². The molecule has 1 saturated heterocycles. The fourth-order valence-electron chi connectivity index (χ4n) is 3.77. The fraction of sp³-hybridized carbons (Fsp3) is 0.111. The van der Waals surface area contributed by atoms with Crippen molar-refractivity contribution in [2.45, 2.75) is 6.92 Å². The molecule has 3 aromatic rings. The monoisotopic (exact) mass is 642 g/mol. The largest absolute Gasteiger partial charge is 0.490 e. The molecule has 3 aromatic carbocycles. The zero-order valence-corrected chi connectivity index (χ0v) is 23.5. The highest BCUT2D eigenvalue weighted by molar-refractivity contribution is 9.10. The Morgan fingerprint density at radius 1 is 1.12 bits per heavy atom. The highest BCUT2D eigenvalue weighted by Gasteiger charge is 2.37. The lowest BCUT2D eigenvalue weighted by Crippen LogP contribution is -2.54. The minimum Gasteiger partial charge on any atom is -0.490 e. The van der Waals surface area contributed by atoms with Crippen molar-refractivity contribution in [2.24, 2.45) is 0 Å². The van der Waals surface area contributed by atoms with Gasteiger partial charge >= 0.3 is 6.03 Å². The maximum Gasteiger partial charge on any atom is 0.335 e. The Balaban J connectivity index is 1.60. The molecule has 0 saturated carbocycles. The van der Waals surface area contributed by atoms with E-state index in [1.54, 1.807) is 31.2 Å². The number of anilines is 2. The van der Waals surface area contributed by atoms with E-state index < -0.39 is 34.2 Å². The van der Waals surface area contributed by atoms with Gasteiger partial charge in [0.05, 0.1) is 32.4 Å². The maximum absolute atomic E-state index is 13.2. The number of non-ortho nitro benzene ring substituents is 1. The summed E-state index contributed by atoms with van der Waals surface area (Å²) in [5.74, 6) is -2.02. The van der Waals surface area contributed by atoms with Crippen LogP contribution in [0.15, 0.2) is 70.7 Å². The summed E-state index contributed by atoms with van der Waals surface area (Å²) >= 11 is 9.45. The van der Waals surface area contributed by atoms with Gasteiger partial charge in [-0.05, 0) is 64.8 Å². The number of carbonyl (C=O) groups excluding carboxylic acids is 4.